The number of carbonyl (C=O) groups excluding carboxylic acids is 1. The van der Waals surface area contributed by atoms with Crippen LogP contribution in [0, 0.1) is 0 Å². The van der Waals surface area contributed by atoms with E-state index in [0.29, 0.717) is 22.2 Å². The van der Waals surface area contributed by atoms with E-state index >= 15 is 0 Å². The van der Waals surface area contributed by atoms with Crippen LogP contribution in [0.3, 0.4) is 0 Å². The van der Waals surface area contributed by atoms with Crippen LogP contribution in [0.1, 0.15) is 35.7 Å². The number of aromatic nitrogens is 1. The highest BCUT2D eigenvalue weighted by molar-refractivity contribution is 6.30. The van der Waals surface area contributed by atoms with Crippen molar-refractivity contribution in [1.29, 1.82) is 0 Å². The van der Waals surface area contributed by atoms with Crippen molar-refractivity contribution < 1.29 is 4.79 Å². The van der Waals surface area contributed by atoms with Crippen LogP contribution in [-0.4, -0.2) is 10.9 Å². The zero-order valence-corrected chi connectivity index (χ0v) is 11.6. The monoisotopic (exact) mass is 274 g/mol. The van der Waals surface area contributed by atoms with Crippen LogP contribution >= 0.6 is 11.6 Å². The molecule has 0 saturated carbocycles. The Morgan fingerprint density at radius 1 is 1.21 bits per heavy atom. The van der Waals surface area contributed by atoms with Crippen molar-refractivity contribution in [1.82, 2.24) is 4.98 Å². The summed E-state index contributed by atoms with van der Waals surface area (Å²) in [7, 11) is 0. The molecule has 0 atom stereocenters. The highest BCUT2D eigenvalue weighted by Crippen LogP contribution is 2.18. The summed E-state index contributed by atoms with van der Waals surface area (Å²) in [4.78, 5) is 16.2. The van der Waals surface area contributed by atoms with Gasteiger partial charge in [-0.15, -0.1) is 0 Å². The summed E-state index contributed by atoms with van der Waals surface area (Å²) in [6.07, 6.45) is 3.45. The van der Waals surface area contributed by atoms with Gasteiger partial charge in [-0.05, 0) is 41.8 Å². The summed E-state index contributed by atoms with van der Waals surface area (Å²) in [5, 5.41) is 3.44. The van der Waals surface area contributed by atoms with Gasteiger partial charge in [0.25, 0.3) is 5.91 Å². The number of halogens is 1. The molecule has 0 spiro atoms. The Morgan fingerprint density at radius 3 is 2.53 bits per heavy atom. The Labute approximate surface area is 117 Å². The Balaban J connectivity index is 2.14. The molecule has 1 aromatic heterocycles. The standard InChI is InChI=1S/C15H15ClN2O/c1-10(2)12-7-14(9-17-8-12)18-15(19)11-3-5-13(16)6-4-11/h3-10H,1-2H3,(H,18,19). The van der Waals surface area contributed by atoms with Crippen molar-refractivity contribution in [2.45, 2.75) is 19.8 Å². The molecule has 0 aliphatic carbocycles. The Kier molecular flexibility index (Phi) is 4.17. The fraction of sp³-hybridized carbons (Fsp3) is 0.200. The first kappa shape index (κ1) is 13.6. The molecule has 1 aromatic carbocycles. The minimum Gasteiger partial charge on any atom is -0.321 e. The molecule has 1 N–H and O–H groups in total. The number of pyridine rings is 1. The second-order valence-electron chi connectivity index (χ2n) is 4.62. The van der Waals surface area contributed by atoms with Crippen molar-refractivity contribution in [2.75, 3.05) is 5.32 Å². The average Bonchev–Trinajstić information content (AvgIpc) is 2.39. The van der Waals surface area contributed by atoms with Gasteiger partial charge in [-0.25, -0.2) is 0 Å². The van der Waals surface area contributed by atoms with Gasteiger partial charge >= 0.3 is 0 Å². The van der Waals surface area contributed by atoms with Crippen molar-refractivity contribution in [3.05, 3.63) is 58.9 Å². The Hall–Kier alpha value is -1.87. The van der Waals surface area contributed by atoms with Gasteiger partial charge in [-0.1, -0.05) is 25.4 Å². The lowest BCUT2D eigenvalue weighted by molar-refractivity contribution is 0.102. The summed E-state index contributed by atoms with van der Waals surface area (Å²) in [6, 6.07) is 8.71. The lowest BCUT2D eigenvalue weighted by Crippen LogP contribution is -2.12. The number of amides is 1. The zero-order chi connectivity index (χ0) is 13.8. The van der Waals surface area contributed by atoms with E-state index in [9.17, 15) is 4.79 Å². The number of hydrogen-bond acceptors (Lipinski definition) is 2. The number of nitrogens with zero attached hydrogens (tertiary/aromatic N) is 1. The molecule has 3 nitrogen and oxygen atoms in total. The van der Waals surface area contributed by atoms with E-state index in [1.54, 1.807) is 30.5 Å². The topological polar surface area (TPSA) is 42.0 Å². The maximum Gasteiger partial charge on any atom is 0.255 e. The molecule has 0 aliphatic rings. The lowest BCUT2D eigenvalue weighted by Gasteiger charge is -2.09. The van der Waals surface area contributed by atoms with Crippen molar-refractivity contribution >= 4 is 23.2 Å². The Morgan fingerprint density at radius 2 is 1.89 bits per heavy atom. The molecular formula is C15H15ClN2O. The van der Waals surface area contributed by atoms with E-state index in [4.69, 9.17) is 11.6 Å². The highest BCUT2D eigenvalue weighted by atomic mass is 35.5. The van der Waals surface area contributed by atoms with Crippen molar-refractivity contribution in [3.63, 3.8) is 0 Å². The molecule has 0 bridgehead atoms. The van der Waals surface area contributed by atoms with E-state index in [1.807, 2.05) is 12.3 Å². The highest BCUT2D eigenvalue weighted by Gasteiger charge is 2.07. The van der Waals surface area contributed by atoms with Gasteiger partial charge in [0.2, 0.25) is 0 Å². The quantitative estimate of drug-likeness (QED) is 0.915. The lowest BCUT2D eigenvalue weighted by atomic mass is 10.1. The molecule has 4 heteroatoms. The molecule has 2 aromatic rings. The molecule has 0 fully saturated rings. The van der Waals surface area contributed by atoms with Gasteiger partial charge in [0.1, 0.15) is 0 Å². The van der Waals surface area contributed by atoms with E-state index in [1.165, 1.54) is 0 Å². The average molecular weight is 275 g/mol. The maximum absolute atomic E-state index is 12.0. The zero-order valence-electron chi connectivity index (χ0n) is 10.9. The summed E-state index contributed by atoms with van der Waals surface area (Å²) in [6.45, 7) is 4.17. The fourth-order valence-electron chi connectivity index (χ4n) is 1.65. The third kappa shape index (κ3) is 3.55. The van der Waals surface area contributed by atoms with Gasteiger partial charge in [-0.3, -0.25) is 9.78 Å². The van der Waals surface area contributed by atoms with Crippen LogP contribution in [0.2, 0.25) is 5.02 Å². The molecule has 1 amide bonds. The number of benzene rings is 1. The summed E-state index contributed by atoms with van der Waals surface area (Å²) >= 11 is 5.79. The SMILES string of the molecule is CC(C)c1cncc(NC(=O)c2ccc(Cl)cc2)c1. The van der Waals surface area contributed by atoms with E-state index < -0.39 is 0 Å². The number of anilines is 1. The van der Waals surface area contributed by atoms with Crippen molar-refractivity contribution in [2.24, 2.45) is 0 Å². The van der Waals surface area contributed by atoms with Gasteiger partial charge in [0.15, 0.2) is 0 Å². The van der Waals surface area contributed by atoms with Crippen LogP contribution in [0.15, 0.2) is 42.7 Å². The minimum absolute atomic E-state index is 0.167. The van der Waals surface area contributed by atoms with Crippen molar-refractivity contribution in [3.8, 4) is 0 Å². The first-order valence-electron chi connectivity index (χ1n) is 6.08. The largest absolute Gasteiger partial charge is 0.321 e. The van der Waals surface area contributed by atoms with Gasteiger partial charge in [0.05, 0.1) is 11.9 Å². The van der Waals surface area contributed by atoms with E-state index in [-0.39, 0.29) is 5.91 Å². The number of hydrogen-bond donors (Lipinski definition) is 1. The van der Waals surface area contributed by atoms with Crippen LogP contribution in [-0.2, 0) is 0 Å². The predicted octanol–water partition coefficient (Wildman–Crippen LogP) is 4.11. The maximum atomic E-state index is 12.0. The number of carbonyl (C=O) groups is 1. The first-order chi connectivity index (χ1) is 9.06. The Bertz CT molecular complexity index is 579. The van der Waals surface area contributed by atoms with Gasteiger partial charge in [0, 0.05) is 16.8 Å². The smallest absolute Gasteiger partial charge is 0.255 e. The third-order valence-electron chi connectivity index (χ3n) is 2.79. The van der Waals surface area contributed by atoms with Crippen LogP contribution in [0.5, 0.6) is 0 Å². The molecular weight excluding hydrogens is 260 g/mol. The molecule has 98 valence electrons. The minimum atomic E-state index is -0.167. The second-order valence-corrected chi connectivity index (χ2v) is 5.06. The normalized spacial score (nSPS) is 10.5. The van der Waals surface area contributed by atoms with Crippen LogP contribution in [0.4, 0.5) is 5.69 Å². The molecule has 19 heavy (non-hydrogen) atoms. The van der Waals surface area contributed by atoms with Crippen LogP contribution in [0.25, 0.3) is 0 Å². The molecule has 0 saturated heterocycles. The summed E-state index contributed by atoms with van der Waals surface area (Å²) in [5.41, 5.74) is 2.36. The summed E-state index contributed by atoms with van der Waals surface area (Å²) < 4.78 is 0. The molecule has 1 heterocycles. The molecule has 2 rings (SSSR count). The second kappa shape index (κ2) is 5.85. The fourth-order valence-corrected chi connectivity index (χ4v) is 1.77. The van der Waals surface area contributed by atoms with Crippen LogP contribution < -0.4 is 5.32 Å². The van der Waals surface area contributed by atoms with E-state index in [2.05, 4.69) is 24.1 Å². The molecule has 0 aliphatic heterocycles. The molecule has 0 unspecified atom stereocenters. The predicted molar refractivity (Wildman–Crippen MR) is 77.7 cm³/mol. The molecule has 0 radical (unpaired) electrons. The van der Waals surface area contributed by atoms with Gasteiger partial charge in [-0.2, -0.15) is 0 Å². The number of nitrogens with one attached hydrogen (secondary N) is 1. The number of rotatable bonds is 3. The van der Waals surface area contributed by atoms with Gasteiger partial charge < -0.3 is 5.32 Å². The van der Waals surface area contributed by atoms with E-state index in [0.717, 1.165) is 5.56 Å². The first-order valence-corrected chi connectivity index (χ1v) is 6.46. The summed E-state index contributed by atoms with van der Waals surface area (Å²) in [5.74, 6) is 0.208. The third-order valence-corrected chi connectivity index (χ3v) is 3.04.